The van der Waals surface area contributed by atoms with E-state index in [1.54, 1.807) is 31.4 Å². The summed E-state index contributed by atoms with van der Waals surface area (Å²) < 4.78 is 37.3. The van der Waals surface area contributed by atoms with Crippen molar-refractivity contribution >= 4 is 20.4 Å². The van der Waals surface area contributed by atoms with Crippen molar-refractivity contribution in [1.82, 2.24) is 0 Å². The fraction of sp³-hybridized carbons (Fsp3) is 0.0769. The van der Waals surface area contributed by atoms with Gasteiger partial charge >= 0.3 is 10.1 Å². The smallest absolute Gasteiger partial charge is 0.422 e. The van der Waals surface area contributed by atoms with Gasteiger partial charge in [-0.2, -0.15) is 0 Å². The molecule has 4 rings (SSSR count). The van der Waals surface area contributed by atoms with Crippen molar-refractivity contribution in [2.45, 2.75) is 26.5 Å². The lowest BCUT2D eigenvalue weighted by Gasteiger charge is -2.34. The number of ether oxygens (including phenoxy) is 1. The Labute approximate surface area is 191 Å². The summed E-state index contributed by atoms with van der Waals surface area (Å²) in [6.07, 6.45) is 0. The molecule has 0 spiro atoms. The van der Waals surface area contributed by atoms with Gasteiger partial charge in [0, 0.05) is 0 Å². The highest BCUT2D eigenvalue weighted by molar-refractivity contribution is 8.32. The van der Waals surface area contributed by atoms with E-state index in [-0.39, 0.29) is 4.90 Å². The average Bonchev–Trinajstić information content (AvgIpc) is 2.84. The summed E-state index contributed by atoms with van der Waals surface area (Å²) in [5.41, 5.74) is 0.990. The van der Waals surface area contributed by atoms with Crippen LogP contribution in [0.4, 0.5) is 0 Å². The van der Waals surface area contributed by atoms with E-state index in [2.05, 4.69) is 0 Å². The maximum absolute atomic E-state index is 13.6. The summed E-state index contributed by atoms with van der Waals surface area (Å²) in [5.74, 6) is 0.699. The van der Waals surface area contributed by atoms with E-state index in [0.29, 0.717) is 5.75 Å². The van der Waals surface area contributed by atoms with Gasteiger partial charge < -0.3 is 4.74 Å². The van der Waals surface area contributed by atoms with Crippen molar-refractivity contribution in [3.05, 3.63) is 115 Å². The maximum atomic E-state index is 13.6. The first-order valence-electron chi connectivity index (χ1n) is 10.1. The molecule has 0 saturated carbocycles. The van der Waals surface area contributed by atoms with Crippen LogP contribution in [-0.4, -0.2) is 19.2 Å². The zero-order chi connectivity index (χ0) is 22.6. The minimum atomic E-state index is -3.96. The summed E-state index contributed by atoms with van der Waals surface area (Å²) in [4.78, 5) is 2.67. The molecule has 0 radical (unpaired) electrons. The van der Waals surface area contributed by atoms with Crippen LogP contribution in [0.15, 0.2) is 129 Å². The Morgan fingerprint density at radius 1 is 0.594 bits per heavy atom. The van der Waals surface area contributed by atoms with Crippen LogP contribution < -0.4 is 4.74 Å². The number of benzene rings is 4. The summed E-state index contributed by atoms with van der Waals surface area (Å²) in [7, 11) is -4.85. The lowest BCUT2D eigenvalue weighted by atomic mass is 10.2. The number of aryl methyl sites for hydroxylation is 1. The molecule has 0 unspecified atom stereocenters. The van der Waals surface area contributed by atoms with Crippen LogP contribution in [0.5, 0.6) is 5.75 Å². The zero-order valence-corrected chi connectivity index (χ0v) is 19.5. The molecule has 6 heteroatoms. The van der Waals surface area contributed by atoms with Crippen molar-refractivity contribution in [3.63, 3.8) is 0 Å². The highest BCUT2D eigenvalue weighted by Crippen LogP contribution is 2.68. The molecule has 4 aromatic carbocycles. The fourth-order valence-corrected chi connectivity index (χ4v) is 8.93. The first kappa shape index (κ1) is 22.1. The minimum Gasteiger partial charge on any atom is -0.497 e. The van der Waals surface area contributed by atoms with Gasteiger partial charge in [0.25, 0.3) is 0 Å². The molecule has 1 N–H and O–H groups in total. The number of rotatable bonds is 7. The van der Waals surface area contributed by atoms with Gasteiger partial charge in [-0.15, -0.1) is 8.42 Å². The highest BCUT2D eigenvalue weighted by Gasteiger charge is 2.43. The molecule has 0 bridgehead atoms. The summed E-state index contributed by atoms with van der Waals surface area (Å²) in [6, 6.07) is 33.6. The van der Waals surface area contributed by atoms with Crippen molar-refractivity contribution in [3.8, 4) is 5.75 Å². The molecule has 4 aromatic rings. The molecule has 0 heterocycles. The molecular weight excluding hydrogens is 440 g/mol. The molecule has 0 aromatic heterocycles. The molecule has 0 aliphatic carbocycles. The standard InChI is InChI=1S/C26H24O4S2/c1-21-13-17-26(18-14-21)32(27,28)30-31(23-9-5-3-6-10-23,24-11-7-4-8-12-24)25-19-15-22(29-2)16-20-25/h3-20H,1-2H3/p+1. The Balaban J connectivity index is 1.99. The Hall–Kier alpha value is -3.06. The monoisotopic (exact) mass is 465 g/mol. The summed E-state index contributed by atoms with van der Waals surface area (Å²) >= 11 is 0. The van der Waals surface area contributed by atoms with Gasteiger partial charge in [0.05, 0.1) is 32.1 Å². The van der Waals surface area contributed by atoms with E-state index in [4.69, 9.17) is 8.37 Å². The summed E-state index contributed by atoms with van der Waals surface area (Å²) in [5, 5.41) is 0. The SMILES string of the molecule is COc1ccc(S([OH+]S(=O)(=O)c2ccc(C)cc2)(c2ccccc2)c2ccccc2)cc1. The van der Waals surface area contributed by atoms with Gasteiger partial charge in [0.15, 0.2) is 0 Å². The van der Waals surface area contributed by atoms with E-state index in [1.807, 2.05) is 91.9 Å². The number of methoxy groups -OCH3 is 1. The van der Waals surface area contributed by atoms with Crippen molar-refractivity contribution < 1.29 is 16.8 Å². The third kappa shape index (κ3) is 4.30. The molecule has 4 nitrogen and oxygen atoms in total. The topological polar surface area (TPSA) is 56.2 Å². The van der Waals surface area contributed by atoms with E-state index in [9.17, 15) is 8.42 Å². The second-order valence-electron chi connectivity index (χ2n) is 7.24. The Kier molecular flexibility index (Phi) is 6.37. The van der Waals surface area contributed by atoms with Gasteiger partial charge in [-0.3, -0.25) is 3.63 Å². The third-order valence-corrected chi connectivity index (χ3v) is 10.5. The molecular formula is C26H25O4S2+. The normalized spacial score (nSPS) is 12.3. The second-order valence-corrected chi connectivity index (χ2v) is 11.8. The molecule has 164 valence electrons. The van der Waals surface area contributed by atoms with Gasteiger partial charge in [-0.1, -0.05) is 54.1 Å². The molecule has 0 amide bonds. The van der Waals surface area contributed by atoms with Crippen LogP contribution in [0, 0.1) is 6.92 Å². The third-order valence-electron chi connectivity index (χ3n) is 5.10. The van der Waals surface area contributed by atoms with Crippen LogP contribution >= 0.6 is 10.3 Å². The summed E-state index contributed by atoms with van der Waals surface area (Å²) in [6.45, 7) is 1.92. The molecule has 0 aliphatic rings. The lowest BCUT2D eigenvalue weighted by molar-refractivity contribution is 0.387. The number of hydrogen-bond donors (Lipinski definition) is 0. The van der Waals surface area contributed by atoms with Gasteiger partial charge in [0.2, 0.25) is 0 Å². The number of hydrogen-bond acceptors (Lipinski definition) is 3. The predicted molar refractivity (Wildman–Crippen MR) is 129 cm³/mol. The Bertz CT molecular complexity index is 1230. The van der Waals surface area contributed by atoms with E-state index in [1.165, 1.54) is 0 Å². The van der Waals surface area contributed by atoms with Crippen LogP contribution in [0.2, 0.25) is 0 Å². The molecule has 0 saturated heterocycles. The molecule has 32 heavy (non-hydrogen) atoms. The van der Waals surface area contributed by atoms with Gasteiger partial charge in [-0.25, -0.2) is 0 Å². The molecule has 0 atom stereocenters. The largest absolute Gasteiger partial charge is 0.497 e. The van der Waals surface area contributed by atoms with Crippen LogP contribution in [0.1, 0.15) is 5.56 Å². The lowest BCUT2D eigenvalue weighted by Crippen LogP contribution is -2.18. The van der Waals surface area contributed by atoms with Crippen LogP contribution in [0.25, 0.3) is 0 Å². The van der Waals surface area contributed by atoms with E-state index >= 15 is 0 Å². The van der Waals surface area contributed by atoms with Gasteiger partial charge in [0.1, 0.15) is 10.6 Å². The fourth-order valence-electron chi connectivity index (χ4n) is 3.45. The van der Waals surface area contributed by atoms with E-state index in [0.717, 1.165) is 20.2 Å². The Morgan fingerprint density at radius 3 is 1.50 bits per heavy atom. The second kappa shape index (κ2) is 9.20. The van der Waals surface area contributed by atoms with Crippen LogP contribution in [-0.2, 0) is 10.1 Å². The van der Waals surface area contributed by atoms with Crippen molar-refractivity contribution in [1.29, 1.82) is 0 Å². The maximum Gasteiger partial charge on any atom is 0.422 e. The van der Waals surface area contributed by atoms with Crippen molar-refractivity contribution in [2.75, 3.05) is 7.11 Å². The predicted octanol–water partition coefficient (Wildman–Crippen LogP) is 6.68. The Morgan fingerprint density at radius 2 is 1.03 bits per heavy atom. The quantitative estimate of drug-likeness (QED) is 0.226. The van der Waals surface area contributed by atoms with Crippen LogP contribution in [0.3, 0.4) is 0 Å². The average molecular weight is 466 g/mol. The first-order valence-corrected chi connectivity index (χ1v) is 13.1. The van der Waals surface area contributed by atoms with Gasteiger partial charge in [-0.05, 0) is 67.6 Å². The highest BCUT2D eigenvalue weighted by atomic mass is 32.3. The van der Waals surface area contributed by atoms with E-state index < -0.39 is 20.4 Å². The van der Waals surface area contributed by atoms with Crippen molar-refractivity contribution in [2.24, 2.45) is 0 Å². The minimum absolute atomic E-state index is 0.181. The molecule has 0 fully saturated rings. The first-order chi connectivity index (χ1) is 15.5. The molecule has 0 aliphatic heterocycles. The zero-order valence-electron chi connectivity index (χ0n) is 17.9.